The van der Waals surface area contributed by atoms with Crippen LogP contribution in [0.5, 0.6) is 0 Å². The topological polar surface area (TPSA) is 110 Å². The molecule has 0 saturated heterocycles. The molecule has 2 N–H and O–H groups in total. The number of esters is 1. The lowest BCUT2D eigenvalue weighted by Gasteiger charge is -2.08. The Hall–Kier alpha value is -3.68. The maximum atomic E-state index is 12.5. The van der Waals surface area contributed by atoms with E-state index in [1.165, 1.54) is 6.07 Å². The Morgan fingerprint density at radius 1 is 1.11 bits per heavy atom. The SMILES string of the molecule is CCOC(=O)c1n[nH]c2ccc(NC(=O)OCc3ccccc3)cc2c1=O. The normalized spacial score (nSPS) is 10.4. The van der Waals surface area contributed by atoms with Gasteiger partial charge in [-0.25, -0.2) is 9.59 Å². The minimum atomic E-state index is -0.804. The van der Waals surface area contributed by atoms with Crippen LogP contribution in [0.2, 0.25) is 0 Å². The van der Waals surface area contributed by atoms with Gasteiger partial charge in [0.15, 0.2) is 0 Å². The predicted molar refractivity (Wildman–Crippen MR) is 98.6 cm³/mol. The second kappa shape index (κ2) is 8.13. The molecule has 0 aliphatic rings. The third kappa shape index (κ3) is 4.30. The van der Waals surface area contributed by atoms with E-state index in [0.29, 0.717) is 11.2 Å². The van der Waals surface area contributed by atoms with Crippen molar-refractivity contribution in [1.82, 2.24) is 10.2 Å². The number of carbonyl (C=O) groups is 2. The number of hydrogen-bond acceptors (Lipinski definition) is 6. The van der Waals surface area contributed by atoms with Crippen LogP contribution >= 0.6 is 0 Å². The van der Waals surface area contributed by atoms with Crippen molar-refractivity contribution in [2.75, 3.05) is 11.9 Å². The number of amides is 1. The molecule has 8 nitrogen and oxygen atoms in total. The smallest absolute Gasteiger partial charge is 0.411 e. The van der Waals surface area contributed by atoms with Crippen LogP contribution in [0.25, 0.3) is 10.9 Å². The van der Waals surface area contributed by atoms with Crippen molar-refractivity contribution >= 4 is 28.7 Å². The molecule has 2 aromatic carbocycles. The average molecular weight is 367 g/mol. The monoisotopic (exact) mass is 367 g/mol. The second-order valence-corrected chi connectivity index (χ2v) is 5.57. The van der Waals surface area contributed by atoms with Crippen LogP contribution in [-0.2, 0) is 16.1 Å². The molecular weight excluding hydrogens is 350 g/mol. The molecule has 0 aliphatic heterocycles. The fourth-order valence-electron chi connectivity index (χ4n) is 2.42. The molecule has 3 aromatic rings. The lowest BCUT2D eigenvalue weighted by atomic mass is 10.2. The molecule has 138 valence electrons. The Morgan fingerprint density at radius 2 is 1.89 bits per heavy atom. The summed E-state index contributed by atoms with van der Waals surface area (Å²) in [5.41, 5.74) is 0.715. The Bertz CT molecular complexity index is 1030. The van der Waals surface area contributed by atoms with Gasteiger partial charge in [-0.1, -0.05) is 30.3 Å². The third-order valence-corrected chi connectivity index (χ3v) is 3.70. The number of aromatic nitrogens is 2. The largest absolute Gasteiger partial charge is 0.461 e. The summed E-state index contributed by atoms with van der Waals surface area (Å²) in [5, 5.41) is 9.14. The van der Waals surface area contributed by atoms with Gasteiger partial charge in [0, 0.05) is 5.69 Å². The Kier molecular flexibility index (Phi) is 5.46. The molecule has 0 spiro atoms. The first-order chi connectivity index (χ1) is 13.1. The van der Waals surface area contributed by atoms with Crippen molar-refractivity contribution in [3.05, 3.63) is 70.0 Å². The lowest BCUT2D eigenvalue weighted by Crippen LogP contribution is -2.21. The van der Waals surface area contributed by atoms with E-state index in [2.05, 4.69) is 15.5 Å². The van der Waals surface area contributed by atoms with E-state index in [0.717, 1.165) is 5.56 Å². The third-order valence-electron chi connectivity index (χ3n) is 3.70. The number of nitrogens with one attached hydrogen (secondary N) is 2. The highest BCUT2D eigenvalue weighted by molar-refractivity contribution is 5.94. The van der Waals surface area contributed by atoms with Crippen molar-refractivity contribution in [2.24, 2.45) is 0 Å². The lowest BCUT2D eigenvalue weighted by molar-refractivity contribution is 0.0517. The zero-order valence-electron chi connectivity index (χ0n) is 14.5. The summed E-state index contributed by atoms with van der Waals surface area (Å²) in [6, 6.07) is 13.9. The van der Waals surface area contributed by atoms with E-state index in [4.69, 9.17) is 9.47 Å². The molecule has 0 saturated carbocycles. The van der Waals surface area contributed by atoms with Crippen LogP contribution in [0.1, 0.15) is 23.0 Å². The van der Waals surface area contributed by atoms with Crippen LogP contribution in [0.3, 0.4) is 0 Å². The summed E-state index contributed by atoms with van der Waals surface area (Å²) in [7, 11) is 0. The van der Waals surface area contributed by atoms with E-state index in [1.807, 2.05) is 30.3 Å². The highest BCUT2D eigenvalue weighted by atomic mass is 16.5. The molecule has 27 heavy (non-hydrogen) atoms. The zero-order chi connectivity index (χ0) is 19.2. The molecule has 0 unspecified atom stereocenters. The van der Waals surface area contributed by atoms with Gasteiger partial charge in [0.1, 0.15) is 6.61 Å². The van der Waals surface area contributed by atoms with Crippen molar-refractivity contribution in [3.63, 3.8) is 0 Å². The van der Waals surface area contributed by atoms with Crippen LogP contribution < -0.4 is 10.7 Å². The van der Waals surface area contributed by atoms with E-state index in [1.54, 1.807) is 19.1 Å². The molecule has 0 atom stereocenters. The summed E-state index contributed by atoms with van der Waals surface area (Å²) >= 11 is 0. The van der Waals surface area contributed by atoms with Gasteiger partial charge in [0.05, 0.1) is 17.5 Å². The van der Waals surface area contributed by atoms with Crippen molar-refractivity contribution < 1.29 is 19.1 Å². The molecule has 1 heterocycles. The maximum absolute atomic E-state index is 12.5. The summed E-state index contributed by atoms with van der Waals surface area (Å²) in [5.74, 6) is -0.804. The molecule has 0 fully saturated rings. The summed E-state index contributed by atoms with van der Waals surface area (Å²) in [6.45, 7) is 1.89. The number of fused-ring (bicyclic) bond motifs is 1. The number of carbonyl (C=O) groups excluding carboxylic acids is 2. The minimum absolute atomic E-state index is 0.123. The highest BCUT2D eigenvalue weighted by Crippen LogP contribution is 2.15. The van der Waals surface area contributed by atoms with E-state index in [-0.39, 0.29) is 24.3 Å². The average Bonchev–Trinajstić information content (AvgIpc) is 2.68. The first-order valence-electron chi connectivity index (χ1n) is 8.25. The first kappa shape index (κ1) is 18.1. The highest BCUT2D eigenvalue weighted by Gasteiger charge is 2.16. The van der Waals surface area contributed by atoms with E-state index < -0.39 is 17.5 Å². The summed E-state index contributed by atoms with van der Waals surface area (Å²) in [4.78, 5) is 36.2. The molecule has 3 rings (SSSR count). The Balaban J connectivity index is 1.77. The maximum Gasteiger partial charge on any atom is 0.411 e. The molecule has 8 heteroatoms. The summed E-state index contributed by atoms with van der Waals surface area (Å²) < 4.78 is 9.96. The van der Waals surface area contributed by atoms with Gasteiger partial charge in [-0.2, -0.15) is 5.10 Å². The number of nitrogens with zero attached hydrogens (tertiary/aromatic N) is 1. The van der Waals surface area contributed by atoms with Crippen molar-refractivity contribution in [2.45, 2.75) is 13.5 Å². The molecule has 0 aliphatic carbocycles. The predicted octanol–water partition coefficient (Wildman–Crippen LogP) is 2.85. The number of benzene rings is 2. The fourth-order valence-corrected chi connectivity index (χ4v) is 2.42. The van der Waals surface area contributed by atoms with Gasteiger partial charge in [-0.05, 0) is 30.7 Å². The van der Waals surface area contributed by atoms with Crippen LogP contribution in [0.15, 0.2) is 53.3 Å². The molecule has 0 bridgehead atoms. The van der Waals surface area contributed by atoms with Gasteiger partial charge in [0.25, 0.3) is 0 Å². The molecule has 1 amide bonds. The van der Waals surface area contributed by atoms with E-state index >= 15 is 0 Å². The number of anilines is 1. The van der Waals surface area contributed by atoms with Crippen LogP contribution in [-0.4, -0.2) is 28.9 Å². The second-order valence-electron chi connectivity index (χ2n) is 5.57. The van der Waals surface area contributed by atoms with Crippen molar-refractivity contribution in [1.29, 1.82) is 0 Å². The standard InChI is InChI=1S/C19H17N3O5/c1-2-26-18(24)16-17(23)14-10-13(8-9-15(14)21-22-16)20-19(25)27-11-12-6-4-3-5-7-12/h3-10H,2,11H2,1H3,(H,20,25)(H,21,23). The zero-order valence-corrected chi connectivity index (χ0v) is 14.5. The number of ether oxygens (including phenoxy) is 2. The molecule has 0 radical (unpaired) electrons. The van der Waals surface area contributed by atoms with Crippen LogP contribution in [0.4, 0.5) is 10.5 Å². The molecule has 1 aromatic heterocycles. The Labute approximate surface area is 154 Å². The number of hydrogen-bond donors (Lipinski definition) is 2. The fraction of sp³-hybridized carbons (Fsp3) is 0.158. The Morgan fingerprint density at radius 3 is 2.63 bits per heavy atom. The van der Waals surface area contributed by atoms with Crippen LogP contribution in [0, 0.1) is 0 Å². The van der Waals surface area contributed by atoms with Gasteiger partial charge < -0.3 is 9.47 Å². The van der Waals surface area contributed by atoms with Gasteiger partial charge in [-0.15, -0.1) is 0 Å². The van der Waals surface area contributed by atoms with Crippen molar-refractivity contribution in [3.8, 4) is 0 Å². The minimum Gasteiger partial charge on any atom is -0.461 e. The number of aromatic amines is 1. The van der Waals surface area contributed by atoms with Gasteiger partial charge in [-0.3, -0.25) is 15.2 Å². The molecular formula is C19H17N3O5. The van der Waals surface area contributed by atoms with Gasteiger partial charge in [0.2, 0.25) is 11.1 Å². The van der Waals surface area contributed by atoms with Gasteiger partial charge >= 0.3 is 12.1 Å². The summed E-state index contributed by atoms with van der Waals surface area (Å²) in [6.07, 6.45) is -0.658. The number of H-pyrrole nitrogens is 1. The first-order valence-corrected chi connectivity index (χ1v) is 8.25. The number of rotatable bonds is 5. The van der Waals surface area contributed by atoms with E-state index in [9.17, 15) is 14.4 Å². The quantitative estimate of drug-likeness (QED) is 0.671.